The van der Waals surface area contributed by atoms with Gasteiger partial charge in [-0.25, -0.2) is 0 Å². The Hall–Kier alpha value is -1.49. The molecular weight excluding hydrogens is 264 g/mol. The highest BCUT2D eigenvalue weighted by atomic mass is 16.1. The van der Waals surface area contributed by atoms with Crippen LogP contribution in [0.5, 0.6) is 0 Å². The van der Waals surface area contributed by atoms with Crippen LogP contribution in [0.15, 0.2) is 12.3 Å². The molecule has 0 radical (unpaired) electrons. The summed E-state index contributed by atoms with van der Waals surface area (Å²) < 4.78 is 2.03. The van der Waals surface area contributed by atoms with Crippen molar-refractivity contribution in [2.75, 3.05) is 25.9 Å². The Morgan fingerprint density at radius 3 is 2.81 bits per heavy atom. The van der Waals surface area contributed by atoms with Gasteiger partial charge < -0.3 is 20.5 Å². The second kappa shape index (κ2) is 6.98. The number of aromatic nitrogens is 1. The molecule has 0 unspecified atom stereocenters. The summed E-state index contributed by atoms with van der Waals surface area (Å²) in [6, 6.07) is 2.83. The number of nitrogen functional groups attached to an aromatic ring is 1. The first-order valence-corrected chi connectivity index (χ1v) is 7.95. The van der Waals surface area contributed by atoms with Crippen LogP contribution in [0.3, 0.4) is 0 Å². The predicted molar refractivity (Wildman–Crippen MR) is 86.4 cm³/mol. The van der Waals surface area contributed by atoms with Crippen molar-refractivity contribution in [3.05, 3.63) is 18.0 Å². The summed E-state index contributed by atoms with van der Waals surface area (Å²) in [5, 5.41) is 3.00. The topological polar surface area (TPSA) is 63.3 Å². The number of nitrogens with one attached hydrogen (secondary N) is 1. The van der Waals surface area contributed by atoms with E-state index in [1.165, 1.54) is 0 Å². The van der Waals surface area contributed by atoms with Gasteiger partial charge in [-0.1, -0.05) is 0 Å². The molecule has 0 aromatic carbocycles. The normalized spacial score (nSPS) is 14.9. The van der Waals surface area contributed by atoms with E-state index in [1.807, 2.05) is 10.8 Å². The smallest absolute Gasteiger partial charge is 0.267 e. The molecule has 1 saturated carbocycles. The molecule has 1 aliphatic carbocycles. The largest absolute Gasteiger partial charge is 0.397 e. The van der Waals surface area contributed by atoms with Crippen LogP contribution in [0.1, 0.15) is 56.1 Å². The zero-order chi connectivity index (χ0) is 15.4. The number of anilines is 1. The molecule has 1 aromatic rings. The molecule has 1 heterocycles. The van der Waals surface area contributed by atoms with E-state index >= 15 is 0 Å². The van der Waals surface area contributed by atoms with Crippen LogP contribution in [0, 0.1) is 0 Å². The molecule has 1 aliphatic rings. The van der Waals surface area contributed by atoms with E-state index in [-0.39, 0.29) is 5.91 Å². The minimum Gasteiger partial charge on any atom is -0.397 e. The van der Waals surface area contributed by atoms with Crippen molar-refractivity contribution < 1.29 is 4.79 Å². The minimum absolute atomic E-state index is 0.00388. The SMILES string of the molecule is CC(C)N(C)CCCCNC(=O)c1cc(N)cn1C1CC1. The molecular formula is C16H28N4O. The second-order valence-electron chi connectivity index (χ2n) is 6.33. The van der Waals surface area contributed by atoms with Crippen LogP contribution in [0.2, 0.25) is 0 Å². The molecule has 118 valence electrons. The second-order valence-corrected chi connectivity index (χ2v) is 6.33. The Labute approximate surface area is 127 Å². The standard InChI is InChI=1S/C16H28N4O/c1-12(2)19(3)9-5-4-8-18-16(21)15-10-13(17)11-20(15)14-6-7-14/h10-12,14H,4-9,17H2,1-3H3,(H,18,21). The van der Waals surface area contributed by atoms with Gasteiger partial charge in [0.2, 0.25) is 0 Å². The first-order chi connectivity index (χ1) is 9.99. The summed E-state index contributed by atoms with van der Waals surface area (Å²) in [6.07, 6.45) is 6.28. The number of rotatable bonds is 8. The number of hydrogen-bond donors (Lipinski definition) is 2. The zero-order valence-corrected chi connectivity index (χ0v) is 13.4. The molecule has 0 saturated heterocycles. The molecule has 1 fully saturated rings. The Morgan fingerprint density at radius 1 is 1.48 bits per heavy atom. The fourth-order valence-corrected chi connectivity index (χ4v) is 2.37. The Balaban J connectivity index is 1.72. The molecule has 0 atom stereocenters. The first-order valence-electron chi connectivity index (χ1n) is 7.95. The number of hydrogen-bond acceptors (Lipinski definition) is 3. The first kappa shape index (κ1) is 15.9. The molecule has 5 heteroatoms. The van der Waals surface area contributed by atoms with Crippen molar-refractivity contribution in [1.29, 1.82) is 0 Å². The third-order valence-electron chi connectivity index (χ3n) is 4.15. The Kier molecular flexibility index (Phi) is 5.28. The number of nitrogens with two attached hydrogens (primary N) is 1. The van der Waals surface area contributed by atoms with Crippen LogP contribution in [-0.4, -0.2) is 41.6 Å². The number of carbonyl (C=O) groups is 1. The minimum atomic E-state index is -0.00388. The molecule has 0 aliphatic heterocycles. The van der Waals surface area contributed by atoms with Crippen molar-refractivity contribution in [2.24, 2.45) is 0 Å². The van der Waals surface area contributed by atoms with Gasteiger partial charge in [-0.2, -0.15) is 0 Å². The average Bonchev–Trinajstić information content (AvgIpc) is 3.20. The average molecular weight is 292 g/mol. The molecule has 21 heavy (non-hydrogen) atoms. The number of nitrogens with zero attached hydrogens (tertiary/aromatic N) is 2. The highest BCUT2D eigenvalue weighted by molar-refractivity contribution is 5.93. The van der Waals surface area contributed by atoms with Gasteiger partial charge >= 0.3 is 0 Å². The highest BCUT2D eigenvalue weighted by Crippen LogP contribution is 2.37. The Bertz CT molecular complexity index is 477. The lowest BCUT2D eigenvalue weighted by Gasteiger charge is -2.20. The van der Waals surface area contributed by atoms with Crippen molar-refractivity contribution in [3.63, 3.8) is 0 Å². The maximum absolute atomic E-state index is 12.2. The van der Waals surface area contributed by atoms with E-state index in [4.69, 9.17) is 5.73 Å². The van der Waals surface area contributed by atoms with Gasteiger partial charge in [0.05, 0.1) is 5.69 Å². The number of unbranched alkanes of at least 4 members (excludes halogenated alkanes) is 1. The summed E-state index contributed by atoms with van der Waals surface area (Å²) in [5.74, 6) is -0.00388. The van der Waals surface area contributed by atoms with Gasteiger partial charge in [-0.3, -0.25) is 4.79 Å². The maximum atomic E-state index is 12.2. The Morgan fingerprint density at radius 2 is 2.19 bits per heavy atom. The lowest BCUT2D eigenvalue weighted by atomic mass is 10.2. The lowest BCUT2D eigenvalue weighted by molar-refractivity contribution is 0.0943. The predicted octanol–water partition coefficient (Wildman–Crippen LogP) is 2.26. The van der Waals surface area contributed by atoms with Crippen molar-refractivity contribution in [3.8, 4) is 0 Å². The van der Waals surface area contributed by atoms with Crippen LogP contribution in [0.4, 0.5) is 5.69 Å². The van der Waals surface area contributed by atoms with Gasteiger partial charge in [0.1, 0.15) is 5.69 Å². The zero-order valence-electron chi connectivity index (χ0n) is 13.4. The molecule has 1 aromatic heterocycles. The quantitative estimate of drug-likeness (QED) is 0.722. The van der Waals surface area contributed by atoms with Crippen molar-refractivity contribution >= 4 is 11.6 Å². The summed E-state index contributed by atoms with van der Waals surface area (Å²) in [4.78, 5) is 14.5. The third kappa shape index (κ3) is 4.49. The lowest BCUT2D eigenvalue weighted by Crippen LogP contribution is -2.29. The van der Waals surface area contributed by atoms with Gasteiger partial charge in [-0.05, 0) is 59.2 Å². The van der Waals surface area contributed by atoms with Gasteiger partial charge in [-0.15, -0.1) is 0 Å². The highest BCUT2D eigenvalue weighted by Gasteiger charge is 2.27. The van der Waals surface area contributed by atoms with E-state index < -0.39 is 0 Å². The third-order valence-corrected chi connectivity index (χ3v) is 4.15. The van der Waals surface area contributed by atoms with Crippen molar-refractivity contribution in [1.82, 2.24) is 14.8 Å². The summed E-state index contributed by atoms with van der Waals surface area (Å²) in [6.45, 7) is 6.18. The van der Waals surface area contributed by atoms with Gasteiger partial charge in [0.25, 0.3) is 5.91 Å². The van der Waals surface area contributed by atoms with Crippen LogP contribution >= 0.6 is 0 Å². The molecule has 5 nitrogen and oxygen atoms in total. The number of amides is 1. The van der Waals surface area contributed by atoms with Gasteiger partial charge in [0, 0.05) is 24.8 Å². The summed E-state index contributed by atoms with van der Waals surface area (Å²) in [5.41, 5.74) is 7.19. The molecule has 0 spiro atoms. The van der Waals surface area contributed by atoms with E-state index in [0.717, 1.165) is 38.8 Å². The van der Waals surface area contributed by atoms with E-state index in [2.05, 4.69) is 31.1 Å². The van der Waals surface area contributed by atoms with E-state index in [1.54, 1.807) is 6.07 Å². The van der Waals surface area contributed by atoms with Crippen LogP contribution in [-0.2, 0) is 0 Å². The monoisotopic (exact) mass is 292 g/mol. The van der Waals surface area contributed by atoms with E-state index in [0.29, 0.717) is 23.5 Å². The van der Waals surface area contributed by atoms with Crippen molar-refractivity contribution in [2.45, 2.75) is 51.6 Å². The molecule has 1 amide bonds. The number of carbonyl (C=O) groups excluding carboxylic acids is 1. The summed E-state index contributed by atoms with van der Waals surface area (Å²) in [7, 11) is 2.13. The fraction of sp³-hybridized carbons (Fsp3) is 0.688. The van der Waals surface area contributed by atoms with E-state index in [9.17, 15) is 4.79 Å². The molecule has 3 N–H and O–H groups in total. The van der Waals surface area contributed by atoms with Gasteiger partial charge in [0.15, 0.2) is 0 Å². The fourth-order valence-electron chi connectivity index (χ4n) is 2.37. The maximum Gasteiger partial charge on any atom is 0.267 e. The summed E-state index contributed by atoms with van der Waals surface area (Å²) >= 11 is 0. The molecule has 2 rings (SSSR count). The molecule has 0 bridgehead atoms. The van der Waals surface area contributed by atoms with Crippen LogP contribution in [0.25, 0.3) is 0 Å². The van der Waals surface area contributed by atoms with Crippen LogP contribution < -0.4 is 11.1 Å².